The molecule has 0 aliphatic rings. The van der Waals surface area contributed by atoms with Gasteiger partial charge in [-0.2, -0.15) is 0 Å². The van der Waals surface area contributed by atoms with Crippen molar-refractivity contribution in [3.8, 4) is 0 Å². The molecule has 2 aromatic carbocycles. The van der Waals surface area contributed by atoms with Crippen LogP contribution in [0.4, 0.5) is 0 Å². The summed E-state index contributed by atoms with van der Waals surface area (Å²) in [6.45, 7) is 1.22. The predicted octanol–water partition coefficient (Wildman–Crippen LogP) is 2.91. The van der Waals surface area contributed by atoms with Crippen molar-refractivity contribution < 1.29 is 4.79 Å². The number of halogens is 1. The molecule has 0 aromatic heterocycles. The third kappa shape index (κ3) is 5.22. The number of carbonyl (C=O) groups is 1. The number of benzene rings is 2. The van der Waals surface area contributed by atoms with E-state index in [4.69, 9.17) is 11.6 Å². The maximum absolute atomic E-state index is 11.7. The van der Waals surface area contributed by atoms with Crippen molar-refractivity contribution in [1.29, 1.82) is 0 Å². The first-order valence-corrected chi connectivity index (χ1v) is 8.39. The zero-order valence-corrected chi connectivity index (χ0v) is 15.5. The fraction of sp³-hybridized carbons (Fsp3) is 0.263. The average molecular weight is 359 g/mol. The van der Waals surface area contributed by atoms with Crippen LogP contribution in [0.1, 0.15) is 21.5 Å². The number of hydrogen-bond donors (Lipinski definition) is 2. The highest BCUT2D eigenvalue weighted by Crippen LogP contribution is 2.16. The third-order valence-corrected chi connectivity index (χ3v) is 4.17. The van der Waals surface area contributed by atoms with Gasteiger partial charge in [-0.1, -0.05) is 41.9 Å². The summed E-state index contributed by atoms with van der Waals surface area (Å²) in [4.78, 5) is 18.0. The highest BCUT2D eigenvalue weighted by Gasteiger charge is 2.09. The lowest BCUT2D eigenvalue weighted by Gasteiger charge is -2.22. The summed E-state index contributed by atoms with van der Waals surface area (Å²) in [7, 11) is 5.32. The molecule has 25 heavy (non-hydrogen) atoms. The zero-order chi connectivity index (χ0) is 18.2. The number of guanidine groups is 1. The van der Waals surface area contributed by atoms with Gasteiger partial charge in [0.05, 0.1) is 0 Å². The molecular formula is C19H23ClN4O. The molecule has 6 heteroatoms. The first kappa shape index (κ1) is 18.8. The van der Waals surface area contributed by atoms with Crippen LogP contribution in [0, 0.1) is 0 Å². The van der Waals surface area contributed by atoms with Crippen LogP contribution in [-0.2, 0) is 13.1 Å². The van der Waals surface area contributed by atoms with Gasteiger partial charge >= 0.3 is 0 Å². The summed E-state index contributed by atoms with van der Waals surface area (Å²) in [6, 6.07) is 15.3. The smallest absolute Gasteiger partial charge is 0.251 e. The van der Waals surface area contributed by atoms with Crippen LogP contribution < -0.4 is 10.6 Å². The summed E-state index contributed by atoms with van der Waals surface area (Å²) in [5, 5.41) is 6.68. The Kier molecular flexibility index (Phi) is 6.83. The van der Waals surface area contributed by atoms with E-state index in [1.807, 2.05) is 54.4 Å². The van der Waals surface area contributed by atoms with Crippen LogP contribution in [0.25, 0.3) is 0 Å². The van der Waals surface area contributed by atoms with Crippen LogP contribution >= 0.6 is 11.6 Å². The van der Waals surface area contributed by atoms with Gasteiger partial charge in [0, 0.05) is 44.8 Å². The zero-order valence-electron chi connectivity index (χ0n) is 14.7. The summed E-state index contributed by atoms with van der Waals surface area (Å²) < 4.78 is 0. The van der Waals surface area contributed by atoms with E-state index in [1.165, 1.54) is 0 Å². The van der Waals surface area contributed by atoms with Gasteiger partial charge in [0.1, 0.15) is 0 Å². The minimum absolute atomic E-state index is 0.0953. The van der Waals surface area contributed by atoms with Gasteiger partial charge in [-0.05, 0) is 29.3 Å². The Morgan fingerprint density at radius 2 is 1.96 bits per heavy atom. The second-order valence-electron chi connectivity index (χ2n) is 5.63. The number of aliphatic imine (C=N–C) groups is 1. The van der Waals surface area contributed by atoms with E-state index in [2.05, 4.69) is 15.6 Å². The van der Waals surface area contributed by atoms with Gasteiger partial charge in [-0.25, -0.2) is 0 Å². The summed E-state index contributed by atoms with van der Waals surface area (Å²) in [6.07, 6.45) is 0. The largest absolute Gasteiger partial charge is 0.355 e. The molecule has 0 saturated carbocycles. The fourth-order valence-electron chi connectivity index (χ4n) is 2.49. The minimum Gasteiger partial charge on any atom is -0.355 e. The van der Waals surface area contributed by atoms with Crippen LogP contribution in [0.3, 0.4) is 0 Å². The van der Waals surface area contributed by atoms with Gasteiger partial charge in [0.15, 0.2) is 5.96 Å². The average Bonchev–Trinajstić information content (AvgIpc) is 2.63. The lowest BCUT2D eigenvalue weighted by atomic mass is 10.1. The van der Waals surface area contributed by atoms with Crippen molar-refractivity contribution in [3.05, 3.63) is 70.2 Å². The molecule has 0 fully saturated rings. The van der Waals surface area contributed by atoms with Crippen molar-refractivity contribution in [3.63, 3.8) is 0 Å². The summed E-state index contributed by atoms with van der Waals surface area (Å²) >= 11 is 6.23. The SMILES string of the molecule is CN=C(NCc1cccc(C(=O)NC)c1)N(C)Cc1ccccc1Cl. The first-order valence-electron chi connectivity index (χ1n) is 8.01. The van der Waals surface area contributed by atoms with E-state index >= 15 is 0 Å². The van der Waals surface area contributed by atoms with E-state index in [1.54, 1.807) is 20.2 Å². The molecule has 0 radical (unpaired) electrons. The molecule has 0 unspecified atom stereocenters. The molecule has 0 atom stereocenters. The second-order valence-corrected chi connectivity index (χ2v) is 6.03. The molecule has 132 valence electrons. The number of carbonyl (C=O) groups excluding carboxylic acids is 1. The highest BCUT2D eigenvalue weighted by molar-refractivity contribution is 6.31. The molecule has 1 amide bonds. The monoisotopic (exact) mass is 358 g/mol. The maximum atomic E-state index is 11.7. The quantitative estimate of drug-likeness (QED) is 0.638. The molecule has 5 nitrogen and oxygen atoms in total. The number of hydrogen-bond acceptors (Lipinski definition) is 2. The molecule has 2 N–H and O–H groups in total. The van der Waals surface area contributed by atoms with Gasteiger partial charge in [0.25, 0.3) is 5.91 Å². The molecule has 0 aliphatic carbocycles. The molecule has 0 saturated heterocycles. The number of nitrogens with one attached hydrogen (secondary N) is 2. The molecule has 0 bridgehead atoms. The lowest BCUT2D eigenvalue weighted by Crippen LogP contribution is -2.38. The molecule has 0 spiro atoms. The Balaban J connectivity index is 2.00. The van der Waals surface area contributed by atoms with E-state index in [0.29, 0.717) is 18.7 Å². The molecule has 2 aromatic rings. The number of nitrogens with zero attached hydrogens (tertiary/aromatic N) is 2. The summed E-state index contributed by atoms with van der Waals surface area (Å²) in [5.41, 5.74) is 2.69. The van der Waals surface area contributed by atoms with Crippen molar-refractivity contribution in [2.75, 3.05) is 21.1 Å². The molecule has 2 rings (SSSR count). The molecule has 0 heterocycles. The minimum atomic E-state index is -0.0953. The van der Waals surface area contributed by atoms with Crippen molar-refractivity contribution >= 4 is 23.5 Å². The normalized spacial score (nSPS) is 11.1. The number of amides is 1. The fourth-order valence-corrected chi connectivity index (χ4v) is 2.69. The van der Waals surface area contributed by atoms with Crippen molar-refractivity contribution in [2.24, 2.45) is 4.99 Å². The Hall–Kier alpha value is -2.53. The second kappa shape index (κ2) is 9.08. The van der Waals surface area contributed by atoms with Crippen LogP contribution in [-0.4, -0.2) is 37.9 Å². The number of rotatable bonds is 5. The van der Waals surface area contributed by atoms with E-state index in [-0.39, 0.29) is 5.91 Å². The van der Waals surface area contributed by atoms with Gasteiger partial charge < -0.3 is 15.5 Å². The van der Waals surface area contributed by atoms with Gasteiger partial charge in [-0.3, -0.25) is 9.79 Å². The highest BCUT2D eigenvalue weighted by atomic mass is 35.5. The van der Waals surface area contributed by atoms with Crippen molar-refractivity contribution in [1.82, 2.24) is 15.5 Å². The maximum Gasteiger partial charge on any atom is 0.251 e. The van der Waals surface area contributed by atoms with Crippen LogP contribution in [0.2, 0.25) is 5.02 Å². The topological polar surface area (TPSA) is 56.7 Å². The Morgan fingerprint density at radius 1 is 1.20 bits per heavy atom. The summed E-state index contributed by atoms with van der Waals surface area (Å²) in [5.74, 6) is 0.660. The molecule has 0 aliphatic heterocycles. The van der Waals surface area contributed by atoms with Crippen LogP contribution in [0.15, 0.2) is 53.5 Å². The Bertz CT molecular complexity index is 761. The lowest BCUT2D eigenvalue weighted by molar-refractivity contribution is 0.0963. The van der Waals surface area contributed by atoms with E-state index < -0.39 is 0 Å². The van der Waals surface area contributed by atoms with Crippen LogP contribution in [0.5, 0.6) is 0 Å². The Morgan fingerprint density at radius 3 is 2.64 bits per heavy atom. The van der Waals surface area contributed by atoms with E-state index in [9.17, 15) is 4.79 Å². The Labute approximate surface area is 153 Å². The van der Waals surface area contributed by atoms with E-state index in [0.717, 1.165) is 22.1 Å². The first-order chi connectivity index (χ1) is 12.0. The standard InChI is InChI=1S/C19H23ClN4O/c1-21-18(25)15-9-6-7-14(11-15)12-23-19(22-2)24(3)13-16-8-4-5-10-17(16)20/h4-11H,12-13H2,1-3H3,(H,21,25)(H,22,23). The predicted molar refractivity (Wildman–Crippen MR) is 103 cm³/mol. The third-order valence-electron chi connectivity index (χ3n) is 3.81. The van der Waals surface area contributed by atoms with Gasteiger partial charge in [-0.15, -0.1) is 0 Å². The molecular weight excluding hydrogens is 336 g/mol. The van der Waals surface area contributed by atoms with Crippen molar-refractivity contribution in [2.45, 2.75) is 13.1 Å². The van der Waals surface area contributed by atoms with Gasteiger partial charge in [0.2, 0.25) is 0 Å².